The number of aromatic nitrogens is 2. The molecule has 1 N–H and O–H groups in total. The standard InChI is InChI=1S/C19H24N2OSi/c1-19(2,3)23(4,5)22-17-13-16(14-9-7-6-8-10-14)21-18-15(17)11-12-20-18/h6-13H,1-5H3,(H,20,21). The van der Waals surface area contributed by atoms with Gasteiger partial charge in [0.1, 0.15) is 11.4 Å². The van der Waals surface area contributed by atoms with Crippen LogP contribution in [0.3, 0.4) is 0 Å². The van der Waals surface area contributed by atoms with Gasteiger partial charge in [0, 0.05) is 17.8 Å². The first-order valence-electron chi connectivity index (χ1n) is 8.00. The van der Waals surface area contributed by atoms with Gasteiger partial charge < -0.3 is 9.41 Å². The average molecular weight is 325 g/mol. The lowest BCUT2D eigenvalue weighted by atomic mass is 10.1. The van der Waals surface area contributed by atoms with Crippen LogP contribution < -0.4 is 4.43 Å². The maximum atomic E-state index is 6.58. The summed E-state index contributed by atoms with van der Waals surface area (Å²) >= 11 is 0. The summed E-state index contributed by atoms with van der Waals surface area (Å²) in [5.41, 5.74) is 2.92. The van der Waals surface area contributed by atoms with E-state index in [2.05, 4.69) is 57.0 Å². The summed E-state index contributed by atoms with van der Waals surface area (Å²) < 4.78 is 6.58. The fourth-order valence-corrected chi connectivity index (χ4v) is 3.30. The van der Waals surface area contributed by atoms with Crippen LogP contribution in [0.25, 0.3) is 22.3 Å². The summed E-state index contributed by atoms with van der Waals surface area (Å²) in [4.78, 5) is 7.96. The Labute approximate surface area is 138 Å². The van der Waals surface area contributed by atoms with Crippen molar-refractivity contribution in [3.8, 4) is 17.0 Å². The molecule has 1 aromatic carbocycles. The van der Waals surface area contributed by atoms with Crippen molar-refractivity contribution >= 4 is 19.4 Å². The van der Waals surface area contributed by atoms with Gasteiger partial charge in [-0.1, -0.05) is 51.1 Å². The summed E-state index contributed by atoms with van der Waals surface area (Å²) in [7, 11) is -1.90. The fourth-order valence-electron chi connectivity index (χ4n) is 2.28. The van der Waals surface area contributed by atoms with Crippen LogP contribution >= 0.6 is 0 Å². The van der Waals surface area contributed by atoms with Crippen molar-refractivity contribution < 1.29 is 4.43 Å². The van der Waals surface area contributed by atoms with Crippen LogP contribution in [0, 0.1) is 0 Å². The summed E-state index contributed by atoms with van der Waals surface area (Å²) in [5, 5.41) is 1.21. The van der Waals surface area contributed by atoms with Crippen molar-refractivity contribution in [3.63, 3.8) is 0 Å². The summed E-state index contributed by atoms with van der Waals surface area (Å²) in [5.74, 6) is 0.932. The highest BCUT2D eigenvalue weighted by Gasteiger charge is 2.39. The largest absolute Gasteiger partial charge is 0.543 e. The minimum atomic E-state index is -1.90. The fraction of sp³-hybridized carbons (Fsp3) is 0.316. The topological polar surface area (TPSA) is 37.9 Å². The van der Waals surface area contributed by atoms with Gasteiger partial charge in [0.05, 0.1) is 11.1 Å². The van der Waals surface area contributed by atoms with Crippen LogP contribution in [0.5, 0.6) is 5.75 Å². The Balaban J connectivity index is 2.11. The second-order valence-corrected chi connectivity index (χ2v) is 12.2. The number of rotatable bonds is 3. The predicted octanol–water partition coefficient (Wildman–Crippen LogP) is 5.61. The van der Waals surface area contributed by atoms with Gasteiger partial charge in [-0.05, 0) is 24.2 Å². The third-order valence-electron chi connectivity index (χ3n) is 4.73. The first-order valence-corrected chi connectivity index (χ1v) is 10.9. The smallest absolute Gasteiger partial charge is 0.250 e. The lowest BCUT2D eigenvalue weighted by molar-refractivity contribution is 0.496. The van der Waals surface area contributed by atoms with E-state index >= 15 is 0 Å². The van der Waals surface area contributed by atoms with Crippen molar-refractivity contribution in [1.29, 1.82) is 0 Å². The molecule has 0 radical (unpaired) electrons. The third kappa shape index (κ3) is 3.04. The molecule has 4 heteroatoms. The van der Waals surface area contributed by atoms with E-state index < -0.39 is 8.32 Å². The zero-order chi connectivity index (χ0) is 16.7. The molecule has 0 fully saturated rings. The van der Waals surface area contributed by atoms with E-state index in [-0.39, 0.29) is 5.04 Å². The number of pyridine rings is 1. The normalized spacial score (nSPS) is 12.6. The average Bonchev–Trinajstić information content (AvgIpc) is 2.95. The Morgan fingerprint density at radius 1 is 1.04 bits per heavy atom. The predicted molar refractivity (Wildman–Crippen MR) is 99.4 cm³/mol. The summed E-state index contributed by atoms with van der Waals surface area (Å²) in [6.07, 6.45) is 1.92. The number of H-pyrrole nitrogens is 1. The Hall–Kier alpha value is -2.07. The zero-order valence-electron chi connectivity index (χ0n) is 14.5. The Morgan fingerprint density at radius 3 is 2.39 bits per heavy atom. The maximum Gasteiger partial charge on any atom is 0.250 e. The van der Waals surface area contributed by atoms with Crippen molar-refractivity contribution in [2.24, 2.45) is 0 Å². The van der Waals surface area contributed by atoms with Crippen LogP contribution in [0.15, 0.2) is 48.7 Å². The molecule has 3 rings (SSSR count). The lowest BCUT2D eigenvalue weighted by Gasteiger charge is -2.36. The molecule has 23 heavy (non-hydrogen) atoms. The van der Waals surface area contributed by atoms with Gasteiger partial charge in [-0.2, -0.15) is 0 Å². The second kappa shape index (κ2) is 5.53. The molecule has 0 aliphatic heterocycles. The lowest BCUT2D eigenvalue weighted by Crippen LogP contribution is -2.43. The molecular weight excluding hydrogens is 300 g/mol. The molecule has 0 aliphatic rings. The molecule has 3 aromatic rings. The molecule has 0 spiro atoms. The number of nitrogens with one attached hydrogen (secondary N) is 1. The number of benzene rings is 1. The molecule has 0 saturated heterocycles. The van der Waals surface area contributed by atoms with E-state index in [0.29, 0.717) is 0 Å². The van der Waals surface area contributed by atoms with E-state index in [0.717, 1.165) is 28.0 Å². The SMILES string of the molecule is CC(C)(C)[Si](C)(C)Oc1cc(-c2ccccc2)nc2[nH]ccc12. The molecule has 0 atom stereocenters. The van der Waals surface area contributed by atoms with Crippen molar-refractivity contribution in [2.75, 3.05) is 0 Å². The summed E-state index contributed by atoms with van der Waals surface area (Å²) in [6.45, 7) is 11.3. The maximum absolute atomic E-state index is 6.58. The number of fused-ring (bicyclic) bond motifs is 1. The molecule has 0 unspecified atom stereocenters. The Kier molecular flexibility index (Phi) is 3.80. The highest BCUT2D eigenvalue weighted by molar-refractivity contribution is 6.74. The van der Waals surface area contributed by atoms with Gasteiger partial charge in [-0.25, -0.2) is 4.98 Å². The quantitative estimate of drug-likeness (QED) is 0.635. The third-order valence-corrected chi connectivity index (χ3v) is 9.07. The zero-order valence-corrected chi connectivity index (χ0v) is 15.5. The Bertz CT molecular complexity index is 816. The number of hydrogen-bond acceptors (Lipinski definition) is 2. The monoisotopic (exact) mass is 324 g/mol. The molecule has 0 bridgehead atoms. The number of hydrogen-bond donors (Lipinski definition) is 1. The Morgan fingerprint density at radius 2 is 1.74 bits per heavy atom. The summed E-state index contributed by atoms with van der Waals surface area (Å²) in [6, 6.07) is 14.4. The molecule has 120 valence electrons. The molecular formula is C19H24N2OSi. The van der Waals surface area contributed by atoms with Gasteiger partial charge in [0.25, 0.3) is 8.32 Å². The van der Waals surface area contributed by atoms with Crippen LogP contribution in [-0.2, 0) is 0 Å². The minimum Gasteiger partial charge on any atom is -0.543 e. The minimum absolute atomic E-state index is 0.159. The van der Waals surface area contributed by atoms with Crippen molar-refractivity contribution in [3.05, 3.63) is 48.7 Å². The molecule has 0 saturated carbocycles. The van der Waals surface area contributed by atoms with E-state index in [1.165, 1.54) is 0 Å². The van der Waals surface area contributed by atoms with E-state index in [1.54, 1.807) is 0 Å². The van der Waals surface area contributed by atoms with Crippen LogP contribution in [0.1, 0.15) is 20.8 Å². The first-order chi connectivity index (χ1) is 10.8. The van der Waals surface area contributed by atoms with Crippen molar-refractivity contribution in [2.45, 2.75) is 38.9 Å². The van der Waals surface area contributed by atoms with Gasteiger partial charge in [-0.15, -0.1) is 0 Å². The van der Waals surface area contributed by atoms with E-state index in [4.69, 9.17) is 9.41 Å². The van der Waals surface area contributed by atoms with Crippen molar-refractivity contribution in [1.82, 2.24) is 9.97 Å². The molecule has 2 aromatic heterocycles. The van der Waals surface area contributed by atoms with Crippen LogP contribution in [0.4, 0.5) is 0 Å². The van der Waals surface area contributed by atoms with Crippen LogP contribution in [-0.4, -0.2) is 18.3 Å². The van der Waals surface area contributed by atoms with Gasteiger partial charge in [0.15, 0.2) is 0 Å². The number of aromatic amines is 1. The van der Waals surface area contributed by atoms with Gasteiger partial charge in [0.2, 0.25) is 0 Å². The van der Waals surface area contributed by atoms with Gasteiger partial charge in [-0.3, -0.25) is 0 Å². The van der Waals surface area contributed by atoms with Gasteiger partial charge >= 0.3 is 0 Å². The van der Waals surface area contributed by atoms with E-state index in [9.17, 15) is 0 Å². The second-order valence-electron chi connectivity index (χ2n) is 7.47. The molecule has 0 amide bonds. The van der Waals surface area contributed by atoms with E-state index in [1.807, 2.05) is 30.5 Å². The van der Waals surface area contributed by atoms with Crippen LogP contribution in [0.2, 0.25) is 18.1 Å². The molecule has 3 nitrogen and oxygen atoms in total. The highest BCUT2D eigenvalue weighted by Crippen LogP contribution is 2.39. The number of nitrogens with zero attached hydrogens (tertiary/aromatic N) is 1. The molecule has 0 aliphatic carbocycles. The highest BCUT2D eigenvalue weighted by atomic mass is 28.4. The molecule has 2 heterocycles. The first kappa shape index (κ1) is 15.8.